The molecule has 2 fully saturated rings. The van der Waals surface area contributed by atoms with Crippen LogP contribution in [0, 0.1) is 5.41 Å². The first-order valence-corrected chi connectivity index (χ1v) is 7.22. The molecule has 0 bridgehead atoms. The molecule has 2 aliphatic heterocycles. The summed E-state index contributed by atoms with van der Waals surface area (Å²) in [5.41, 5.74) is 0.0635. The quantitative estimate of drug-likeness (QED) is 0.845. The number of halogens is 1. The van der Waals surface area contributed by atoms with Gasteiger partial charge < -0.3 is 9.47 Å². The molecular formula is C15H16ClNO4. The third-order valence-corrected chi connectivity index (χ3v) is 4.72. The number of cyclic esters (lactones) is 1. The van der Waals surface area contributed by atoms with Gasteiger partial charge in [0.2, 0.25) is 0 Å². The molecule has 0 radical (unpaired) electrons. The van der Waals surface area contributed by atoms with Crippen LogP contribution in [0.4, 0.5) is 0 Å². The third-order valence-electron chi connectivity index (χ3n) is 4.38. The average Bonchev–Trinajstić information content (AvgIpc) is 3.04. The molecular weight excluding hydrogens is 294 g/mol. The number of hydrogen-bond donors (Lipinski definition) is 1. The van der Waals surface area contributed by atoms with Crippen molar-refractivity contribution >= 4 is 23.5 Å². The van der Waals surface area contributed by atoms with Gasteiger partial charge in [-0.1, -0.05) is 29.8 Å². The standard InChI is InChI=1S/C15H16ClNO4/c1-20-13(18)11-8-15(6-7-21-14(15)19)12(17-11)9-4-2-3-5-10(9)16/h2-5,11-12,17H,6-8H2,1H3/t11-,12-,15+/m1/s1. The molecule has 21 heavy (non-hydrogen) atoms. The lowest BCUT2D eigenvalue weighted by molar-refractivity contribution is -0.147. The zero-order valence-electron chi connectivity index (χ0n) is 11.6. The molecule has 2 heterocycles. The summed E-state index contributed by atoms with van der Waals surface area (Å²) in [5, 5.41) is 3.77. The highest BCUT2D eigenvalue weighted by molar-refractivity contribution is 6.31. The molecule has 1 spiro atoms. The average molecular weight is 310 g/mol. The van der Waals surface area contributed by atoms with Gasteiger partial charge in [0.1, 0.15) is 6.04 Å². The fourth-order valence-electron chi connectivity index (χ4n) is 3.31. The first-order valence-electron chi connectivity index (χ1n) is 6.84. The summed E-state index contributed by atoms with van der Waals surface area (Å²) < 4.78 is 9.97. The van der Waals surface area contributed by atoms with Crippen molar-refractivity contribution < 1.29 is 19.1 Å². The van der Waals surface area contributed by atoms with E-state index in [1.165, 1.54) is 7.11 Å². The number of carbonyl (C=O) groups excluding carboxylic acids is 2. The van der Waals surface area contributed by atoms with E-state index in [-0.39, 0.29) is 18.0 Å². The summed E-state index contributed by atoms with van der Waals surface area (Å²) in [6, 6.07) is 6.47. The number of carbonyl (C=O) groups is 2. The Bertz CT molecular complexity index is 591. The van der Waals surface area contributed by atoms with Crippen molar-refractivity contribution in [3.63, 3.8) is 0 Å². The minimum atomic E-state index is -0.746. The van der Waals surface area contributed by atoms with Gasteiger partial charge in [0.15, 0.2) is 0 Å². The highest BCUT2D eigenvalue weighted by Crippen LogP contribution is 2.51. The minimum Gasteiger partial charge on any atom is -0.468 e. The van der Waals surface area contributed by atoms with E-state index < -0.39 is 11.5 Å². The number of rotatable bonds is 2. The zero-order valence-corrected chi connectivity index (χ0v) is 12.4. The molecule has 0 aliphatic carbocycles. The Morgan fingerprint density at radius 2 is 2.24 bits per heavy atom. The summed E-state index contributed by atoms with van der Waals surface area (Å²) in [5.74, 6) is -0.644. The van der Waals surface area contributed by atoms with E-state index in [1.54, 1.807) is 6.07 Å². The van der Waals surface area contributed by atoms with Crippen LogP contribution in [0.5, 0.6) is 0 Å². The van der Waals surface area contributed by atoms with Gasteiger partial charge in [0.25, 0.3) is 0 Å². The molecule has 112 valence electrons. The molecule has 5 nitrogen and oxygen atoms in total. The van der Waals surface area contributed by atoms with Crippen LogP contribution >= 0.6 is 11.6 Å². The summed E-state index contributed by atoms with van der Waals surface area (Å²) in [6.45, 7) is 0.370. The lowest BCUT2D eigenvalue weighted by atomic mass is 9.75. The second kappa shape index (κ2) is 5.31. The maximum absolute atomic E-state index is 12.3. The summed E-state index contributed by atoms with van der Waals surface area (Å²) >= 11 is 6.27. The zero-order chi connectivity index (χ0) is 15.0. The summed E-state index contributed by atoms with van der Waals surface area (Å²) in [4.78, 5) is 24.1. The number of esters is 2. The monoisotopic (exact) mass is 309 g/mol. The van der Waals surface area contributed by atoms with Gasteiger partial charge in [-0.25, -0.2) is 0 Å². The Labute approximate surface area is 127 Å². The van der Waals surface area contributed by atoms with E-state index in [9.17, 15) is 9.59 Å². The van der Waals surface area contributed by atoms with E-state index in [0.717, 1.165) is 5.56 Å². The number of hydrogen-bond acceptors (Lipinski definition) is 5. The molecule has 3 atom stereocenters. The third kappa shape index (κ3) is 2.21. The fraction of sp³-hybridized carbons (Fsp3) is 0.467. The van der Waals surface area contributed by atoms with Crippen LogP contribution in [-0.4, -0.2) is 31.7 Å². The maximum Gasteiger partial charge on any atom is 0.322 e. The number of ether oxygens (including phenoxy) is 2. The first kappa shape index (κ1) is 14.4. The molecule has 2 saturated heterocycles. The fourth-order valence-corrected chi connectivity index (χ4v) is 3.56. The van der Waals surface area contributed by atoms with Crippen LogP contribution in [0.3, 0.4) is 0 Å². The largest absolute Gasteiger partial charge is 0.468 e. The van der Waals surface area contributed by atoms with Crippen molar-refractivity contribution in [3.05, 3.63) is 34.9 Å². The van der Waals surface area contributed by atoms with E-state index in [1.807, 2.05) is 18.2 Å². The number of nitrogens with one attached hydrogen (secondary N) is 1. The minimum absolute atomic E-state index is 0.272. The molecule has 0 saturated carbocycles. The second-order valence-electron chi connectivity index (χ2n) is 5.44. The van der Waals surface area contributed by atoms with Gasteiger partial charge in [-0.05, 0) is 24.5 Å². The van der Waals surface area contributed by atoms with E-state index in [4.69, 9.17) is 21.1 Å². The normalized spacial score (nSPS) is 31.4. The Morgan fingerprint density at radius 3 is 2.86 bits per heavy atom. The Kier molecular flexibility index (Phi) is 3.63. The highest BCUT2D eigenvalue weighted by atomic mass is 35.5. The summed E-state index contributed by atoms with van der Waals surface area (Å²) in [6.07, 6.45) is 0.941. The second-order valence-corrected chi connectivity index (χ2v) is 5.85. The van der Waals surface area contributed by atoms with E-state index >= 15 is 0 Å². The predicted octanol–water partition coefficient (Wildman–Crippen LogP) is 1.85. The topological polar surface area (TPSA) is 64.6 Å². The molecule has 0 unspecified atom stereocenters. The molecule has 0 amide bonds. The van der Waals surface area contributed by atoms with Crippen molar-refractivity contribution in [1.82, 2.24) is 5.32 Å². The summed E-state index contributed by atoms with van der Waals surface area (Å²) in [7, 11) is 1.34. The lowest BCUT2D eigenvalue weighted by Gasteiger charge is -2.27. The molecule has 1 aromatic rings. The molecule has 1 aromatic carbocycles. The van der Waals surface area contributed by atoms with Crippen LogP contribution in [0.2, 0.25) is 5.02 Å². The van der Waals surface area contributed by atoms with Crippen LogP contribution < -0.4 is 5.32 Å². The van der Waals surface area contributed by atoms with Crippen LogP contribution in [0.25, 0.3) is 0 Å². The van der Waals surface area contributed by atoms with Crippen molar-refractivity contribution in [3.8, 4) is 0 Å². The van der Waals surface area contributed by atoms with Crippen molar-refractivity contribution in [1.29, 1.82) is 0 Å². The molecule has 2 aliphatic rings. The van der Waals surface area contributed by atoms with Gasteiger partial charge >= 0.3 is 11.9 Å². The van der Waals surface area contributed by atoms with Gasteiger partial charge in [-0.15, -0.1) is 0 Å². The number of methoxy groups -OCH3 is 1. The van der Waals surface area contributed by atoms with Gasteiger partial charge in [0.05, 0.1) is 25.2 Å². The predicted molar refractivity (Wildman–Crippen MR) is 75.8 cm³/mol. The van der Waals surface area contributed by atoms with Gasteiger partial charge in [0, 0.05) is 5.02 Å². The van der Waals surface area contributed by atoms with Crippen LogP contribution in [0.1, 0.15) is 24.4 Å². The highest BCUT2D eigenvalue weighted by Gasteiger charge is 2.58. The number of benzene rings is 1. The Morgan fingerprint density at radius 1 is 1.48 bits per heavy atom. The van der Waals surface area contributed by atoms with Crippen LogP contribution in [-0.2, 0) is 19.1 Å². The van der Waals surface area contributed by atoms with Crippen molar-refractivity contribution in [2.75, 3.05) is 13.7 Å². The Hall–Kier alpha value is -1.59. The van der Waals surface area contributed by atoms with E-state index in [0.29, 0.717) is 24.5 Å². The van der Waals surface area contributed by atoms with Crippen molar-refractivity contribution in [2.24, 2.45) is 5.41 Å². The van der Waals surface area contributed by atoms with Crippen molar-refractivity contribution in [2.45, 2.75) is 24.9 Å². The smallest absolute Gasteiger partial charge is 0.322 e. The maximum atomic E-state index is 12.3. The molecule has 1 N–H and O–H groups in total. The van der Waals surface area contributed by atoms with Gasteiger partial charge in [-0.2, -0.15) is 0 Å². The first-order chi connectivity index (χ1) is 10.1. The van der Waals surface area contributed by atoms with Gasteiger partial charge in [-0.3, -0.25) is 14.9 Å². The Balaban J connectivity index is 2.02. The molecule has 3 rings (SSSR count). The lowest BCUT2D eigenvalue weighted by Crippen LogP contribution is -2.35. The van der Waals surface area contributed by atoms with E-state index in [2.05, 4.69) is 5.32 Å². The SMILES string of the molecule is COC(=O)[C@H]1C[C@@]2(CCOC2=O)[C@@H](c2ccccc2Cl)N1. The van der Waals surface area contributed by atoms with Crippen LogP contribution in [0.15, 0.2) is 24.3 Å². The molecule has 6 heteroatoms. The molecule has 0 aromatic heterocycles.